The number of aliphatic carboxylic acids is 3. The first-order valence-electron chi connectivity index (χ1n) is 3.55. The van der Waals surface area contributed by atoms with Gasteiger partial charge in [-0.05, 0) is 6.42 Å². The zero-order chi connectivity index (χ0) is 10.9. The lowest BCUT2D eigenvalue weighted by Gasteiger charge is -1.80. The second-order valence-electron chi connectivity index (χ2n) is 2.11. The summed E-state index contributed by atoms with van der Waals surface area (Å²) in [4.78, 5) is 28.5. The molecule has 0 bridgehead atoms. The van der Waals surface area contributed by atoms with Crippen molar-refractivity contribution in [3.05, 3.63) is 0 Å². The summed E-state index contributed by atoms with van der Waals surface area (Å²) in [5.74, 6) is -3.34. The fourth-order valence-corrected chi connectivity index (χ4v) is 0.343. The normalized spacial score (nSPS) is 8.08. The third-order valence-corrected chi connectivity index (χ3v) is 0.766. The van der Waals surface area contributed by atoms with Crippen LogP contribution in [-0.2, 0) is 14.4 Å². The molecule has 6 nitrogen and oxygen atoms in total. The van der Waals surface area contributed by atoms with Gasteiger partial charge in [0.1, 0.15) is 6.42 Å². The van der Waals surface area contributed by atoms with E-state index in [0.29, 0.717) is 6.42 Å². The maximum atomic E-state index is 9.60. The molecule has 6 heteroatoms. The van der Waals surface area contributed by atoms with Gasteiger partial charge in [0.15, 0.2) is 0 Å². The van der Waals surface area contributed by atoms with Crippen molar-refractivity contribution in [1.82, 2.24) is 0 Å². The summed E-state index contributed by atoms with van der Waals surface area (Å²) < 4.78 is 0. The standard InChI is InChI=1S/C4H8O2.C3H4O4/c1-2-3-4(5)6;4-2(5)1-3(6)7/h2-3H2,1H3,(H,5,6);1H2,(H,4,5)(H,6,7). The number of carboxylic acid groups (broad SMARTS) is 3. The highest BCUT2D eigenvalue weighted by Crippen LogP contribution is 1.82. The van der Waals surface area contributed by atoms with Crippen molar-refractivity contribution in [1.29, 1.82) is 0 Å². The highest BCUT2D eigenvalue weighted by atomic mass is 16.4. The van der Waals surface area contributed by atoms with Gasteiger partial charge in [-0.25, -0.2) is 0 Å². The first-order chi connectivity index (χ1) is 5.90. The SMILES string of the molecule is CCCC(=O)O.O=C(O)CC(=O)O. The zero-order valence-electron chi connectivity index (χ0n) is 7.19. The summed E-state index contributed by atoms with van der Waals surface area (Å²) >= 11 is 0. The van der Waals surface area contributed by atoms with E-state index in [9.17, 15) is 14.4 Å². The van der Waals surface area contributed by atoms with Crippen molar-refractivity contribution in [2.24, 2.45) is 0 Å². The van der Waals surface area contributed by atoms with Crippen molar-refractivity contribution < 1.29 is 29.7 Å². The molecule has 3 N–H and O–H groups in total. The van der Waals surface area contributed by atoms with E-state index in [4.69, 9.17) is 15.3 Å². The maximum absolute atomic E-state index is 9.60. The van der Waals surface area contributed by atoms with Gasteiger partial charge in [-0.2, -0.15) is 0 Å². The van der Waals surface area contributed by atoms with E-state index >= 15 is 0 Å². The van der Waals surface area contributed by atoms with Crippen molar-refractivity contribution >= 4 is 17.9 Å². The molecule has 0 aromatic rings. The predicted molar refractivity (Wildman–Crippen MR) is 42.4 cm³/mol. The lowest BCUT2D eigenvalue weighted by atomic mass is 10.4. The summed E-state index contributed by atoms with van der Waals surface area (Å²) in [5, 5.41) is 23.3. The number of hydrogen-bond acceptors (Lipinski definition) is 3. The van der Waals surface area contributed by atoms with Gasteiger partial charge in [0.25, 0.3) is 0 Å². The van der Waals surface area contributed by atoms with Crippen LogP contribution >= 0.6 is 0 Å². The largest absolute Gasteiger partial charge is 0.481 e. The summed E-state index contributed by atoms with van der Waals surface area (Å²) in [6.45, 7) is 1.84. The first-order valence-corrected chi connectivity index (χ1v) is 3.55. The highest BCUT2D eigenvalue weighted by Gasteiger charge is 2.01. The van der Waals surface area contributed by atoms with E-state index in [1.165, 1.54) is 0 Å². The molecule has 0 unspecified atom stereocenters. The summed E-state index contributed by atoms with van der Waals surface area (Å²) in [7, 11) is 0. The molecule has 0 heterocycles. The molecule has 0 aromatic carbocycles. The number of hydrogen-bond donors (Lipinski definition) is 3. The van der Waals surface area contributed by atoms with Crippen LogP contribution in [0.25, 0.3) is 0 Å². The molecule has 76 valence electrons. The van der Waals surface area contributed by atoms with Crippen LogP contribution in [-0.4, -0.2) is 33.2 Å². The van der Waals surface area contributed by atoms with Crippen molar-refractivity contribution in [3.63, 3.8) is 0 Å². The molecule has 0 amide bonds. The van der Waals surface area contributed by atoms with E-state index in [0.717, 1.165) is 6.42 Å². The number of carboxylic acids is 3. The lowest BCUT2D eigenvalue weighted by Crippen LogP contribution is -2.03. The minimum absolute atomic E-state index is 0.292. The van der Waals surface area contributed by atoms with Gasteiger partial charge >= 0.3 is 17.9 Å². The van der Waals surface area contributed by atoms with E-state index in [2.05, 4.69) is 0 Å². The highest BCUT2D eigenvalue weighted by molar-refractivity contribution is 5.88. The fraction of sp³-hybridized carbons (Fsp3) is 0.571. The monoisotopic (exact) mass is 192 g/mol. The molecule has 0 spiro atoms. The van der Waals surface area contributed by atoms with E-state index in [1.807, 2.05) is 6.92 Å². The third kappa shape index (κ3) is 25.2. The smallest absolute Gasteiger partial charge is 0.314 e. The van der Waals surface area contributed by atoms with E-state index in [-0.39, 0.29) is 0 Å². The van der Waals surface area contributed by atoms with Crippen LogP contribution in [0.4, 0.5) is 0 Å². The molecule has 0 aliphatic rings. The molecule has 13 heavy (non-hydrogen) atoms. The minimum atomic E-state index is -1.31. The van der Waals surface area contributed by atoms with Crippen molar-refractivity contribution in [2.45, 2.75) is 26.2 Å². The molecule has 0 saturated heterocycles. The van der Waals surface area contributed by atoms with Gasteiger partial charge in [-0.1, -0.05) is 6.92 Å². The second kappa shape index (κ2) is 8.51. The van der Waals surface area contributed by atoms with Crippen LogP contribution in [0.1, 0.15) is 26.2 Å². The molecule has 0 atom stereocenters. The Morgan fingerprint density at radius 2 is 1.31 bits per heavy atom. The Bertz CT molecular complexity index is 173. The van der Waals surface area contributed by atoms with Crippen LogP contribution in [0.15, 0.2) is 0 Å². The van der Waals surface area contributed by atoms with Gasteiger partial charge in [0, 0.05) is 6.42 Å². The van der Waals surface area contributed by atoms with Crippen LogP contribution in [0.5, 0.6) is 0 Å². The van der Waals surface area contributed by atoms with Crippen molar-refractivity contribution in [3.8, 4) is 0 Å². The van der Waals surface area contributed by atoms with Crippen LogP contribution in [0.2, 0.25) is 0 Å². The molecule has 0 aromatic heterocycles. The Kier molecular flexibility index (Phi) is 9.14. The van der Waals surface area contributed by atoms with Gasteiger partial charge < -0.3 is 15.3 Å². The van der Waals surface area contributed by atoms with E-state index < -0.39 is 24.3 Å². The second-order valence-corrected chi connectivity index (χ2v) is 2.11. The first kappa shape index (κ1) is 14.0. The molecule has 0 saturated carbocycles. The van der Waals surface area contributed by atoms with Crippen LogP contribution in [0.3, 0.4) is 0 Å². The number of carbonyl (C=O) groups is 3. The average molecular weight is 192 g/mol. The maximum Gasteiger partial charge on any atom is 0.314 e. The summed E-state index contributed by atoms with van der Waals surface area (Å²) in [6, 6.07) is 0. The lowest BCUT2D eigenvalue weighted by molar-refractivity contribution is -0.147. The molecular formula is C7H12O6. The topological polar surface area (TPSA) is 112 Å². The molecule has 0 rings (SSSR count). The number of rotatable bonds is 4. The Morgan fingerprint density at radius 1 is 0.923 bits per heavy atom. The fourth-order valence-electron chi connectivity index (χ4n) is 0.343. The molecule has 0 aliphatic heterocycles. The Labute approximate surface area is 74.8 Å². The summed E-state index contributed by atoms with van der Waals surface area (Å²) in [5.41, 5.74) is 0. The van der Waals surface area contributed by atoms with Crippen LogP contribution < -0.4 is 0 Å². The Hall–Kier alpha value is -1.59. The van der Waals surface area contributed by atoms with Gasteiger partial charge in [0.2, 0.25) is 0 Å². The minimum Gasteiger partial charge on any atom is -0.481 e. The third-order valence-electron chi connectivity index (χ3n) is 0.766. The van der Waals surface area contributed by atoms with E-state index in [1.54, 1.807) is 0 Å². The molecule has 0 radical (unpaired) electrons. The van der Waals surface area contributed by atoms with Crippen LogP contribution in [0, 0.1) is 0 Å². The van der Waals surface area contributed by atoms with Crippen molar-refractivity contribution in [2.75, 3.05) is 0 Å². The summed E-state index contributed by atoms with van der Waals surface area (Å²) in [6.07, 6.45) is 0.218. The quantitative estimate of drug-likeness (QED) is 0.556. The predicted octanol–water partition coefficient (Wildman–Crippen LogP) is 0.417. The van der Waals surface area contributed by atoms with Gasteiger partial charge in [0.05, 0.1) is 0 Å². The van der Waals surface area contributed by atoms with Gasteiger partial charge in [-0.3, -0.25) is 14.4 Å². The zero-order valence-corrected chi connectivity index (χ0v) is 7.19. The Balaban J connectivity index is 0. The molecule has 0 aliphatic carbocycles. The molecular weight excluding hydrogens is 180 g/mol. The Morgan fingerprint density at radius 3 is 1.31 bits per heavy atom. The van der Waals surface area contributed by atoms with Gasteiger partial charge in [-0.15, -0.1) is 0 Å². The molecule has 0 fully saturated rings. The average Bonchev–Trinajstić information content (AvgIpc) is 1.83.